The molecular weight excluding hydrogens is 811 g/mol. The van der Waals surface area contributed by atoms with E-state index in [0.29, 0.717) is 36.3 Å². The molecule has 3 rings (SSSR count). The number of imide groups is 2. The lowest BCUT2D eigenvalue weighted by molar-refractivity contribution is -0.143. The number of amides is 6. The topological polar surface area (TPSA) is 292 Å². The molecule has 1 heterocycles. The van der Waals surface area contributed by atoms with Crippen LogP contribution in [0.4, 0.5) is 9.59 Å². The summed E-state index contributed by atoms with van der Waals surface area (Å²) in [5.41, 5.74) is 1.98. The van der Waals surface area contributed by atoms with Gasteiger partial charge < -0.3 is 31.1 Å². The minimum atomic E-state index is -4.91. The van der Waals surface area contributed by atoms with Crippen LogP contribution in [0.5, 0.6) is 0 Å². The first kappa shape index (κ1) is 48.9. The molecule has 0 unspecified atom stereocenters. The highest BCUT2D eigenvalue weighted by Crippen LogP contribution is 2.25. The molecule has 1 saturated carbocycles. The van der Waals surface area contributed by atoms with E-state index in [1.807, 2.05) is 13.8 Å². The highest BCUT2D eigenvalue weighted by atomic mass is 32.2. The molecule has 22 heteroatoms. The summed E-state index contributed by atoms with van der Waals surface area (Å²) in [6.07, 6.45) is 3.30. The predicted molar refractivity (Wildman–Crippen MR) is 212 cm³/mol. The van der Waals surface area contributed by atoms with Crippen molar-refractivity contribution in [1.29, 1.82) is 0 Å². The minimum absolute atomic E-state index is 0.0629. The van der Waals surface area contributed by atoms with Gasteiger partial charge in [0, 0.05) is 44.3 Å². The number of aliphatic carboxylic acids is 4. The predicted octanol–water partition coefficient (Wildman–Crippen LogP) is 0.557. The van der Waals surface area contributed by atoms with Gasteiger partial charge in [0.1, 0.15) is 0 Å². The van der Waals surface area contributed by atoms with Crippen LogP contribution in [0.3, 0.4) is 0 Å². The summed E-state index contributed by atoms with van der Waals surface area (Å²) < 4.78 is 28.3. The highest BCUT2D eigenvalue weighted by molar-refractivity contribution is 7.90. The number of carboxylic acid groups (broad SMARTS) is 4. The van der Waals surface area contributed by atoms with Crippen molar-refractivity contribution in [2.45, 2.75) is 70.2 Å². The second-order valence-electron chi connectivity index (χ2n) is 15.0. The average molecular weight is 866 g/mol. The molecule has 1 aromatic carbocycles. The summed E-state index contributed by atoms with van der Waals surface area (Å²) in [5.74, 6) is -6.64. The number of urea groups is 2. The van der Waals surface area contributed by atoms with Crippen molar-refractivity contribution < 1.29 is 67.2 Å². The van der Waals surface area contributed by atoms with Crippen LogP contribution in [-0.2, 0) is 45.2 Å². The third-order valence-electron chi connectivity index (χ3n) is 10.2. The van der Waals surface area contributed by atoms with Crippen molar-refractivity contribution in [3.05, 3.63) is 41.0 Å². The fraction of sp³-hybridized carbons (Fsp3) is 0.579. The smallest absolute Gasteiger partial charge is 0.338 e. The summed E-state index contributed by atoms with van der Waals surface area (Å²) in [5, 5.41) is 42.8. The second-order valence-corrected chi connectivity index (χ2v) is 16.8. The Morgan fingerprint density at radius 3 is 1.72 bits per heavy atom. The maximum absolute atomic E-state index is 14.1. The molecule has 6 N–H and O–H groups in total. The van der Waals surface area contributed by atoms with Crippen molar-refractivity contribution in [3.8, 4) is 0 Å². The number of hydrogen-bond donors (Lipinski definition) is 6. The zero-order chi connectivity index (χ0) is 44.7. The summed E-state index contributed by atoms with van der Waals surface area (Å²) >= 11 is 0. The standard InChI is InChI=1S/C38H55N7O14S/c1-4-30-26(3)19-44(36(30)55)37(56)39-14-13-27-7-11-29(12-8-27)60(58,59)45(38(57)40-28-9-5-25(2)6-10-28)31(46)20-42(22-33(49)50)17-15-41(21-32(47)48)16-18-43(23-34(51)52)24-35(53)54/h7-8,11-12,25,28H,4-6,9-10,13-24H2,1-3H3,(H,39,56)(H,40,57)(H,47,48)(H,49,50)(H,51,52)(H,53,54). The first-order valence-electron chi connectivity index (χ1n) is 19.5. The van der Waals surface area contributed by atoms with Crippen LogP contribution in [0.1, 0.15) is 58.4 Å². The Morgan fingerprint density at radius 2 is 1.23 bits per heavy atom. The average Bonchev–Trinajstić information content (AvgIpc) is 3.44. The molecule has 6 amide bonds. The molecular formula is C38H55N7O14S. The van der Waals surface area contributed by atoms with Crippen molar-refractivity contribution in [3.63, 3.8) is 0 Å². The number of benzene rings is 1. The normalized spacial score (nSPS) is 17.0. The van der Waals surface area contributed by atoms with Crippen molar-refractivity contribution >= 4 is 57.8 Å². The van der Waals surface area contributed by atoms with Gasteiger partial charge in [-0.2, -0.15) is 4.31 Å². The maximum Gasteiger partial charge on any atom is 0.338 e. The summed E-state index contributed by atoms with van der Waals surface area (Å²) in [6.45, 7) is 1.38. The highest BCUT2D eigenvalue weighted by Gasteiger charge is 2.38. The van der Waals surface area contributed by atoms with Gasteiger partial charge in [-0.05, 0) is 74.6 Å². The van der Waals surface area contributed by atoms with E-state index in [4.69, 9.17) is 10.2 Å². The monoisotopic (exact) mass is 865 g/mol. The molecule has 60 heavy (non-hydrogen) atoms. The van der Waals surface area contributed by atoms with E-state index in [1.165, 1.54) is 29.2 Å². The fourth-order valence-corrected chi connectivity index (χ4v) is 8.28. The third-order valence-corrected chi connectivity index (χ3v) is 11.9. The number of nitrogens with zero attached hydrogens (tertiary/aromatic N) is 5. The van der Waals surface area contributed by atoms with E-state index in [-0.39, 0.29) is 55.9 Å². The van der Waals surface area contributed by atoms with Gasteiger partial charge in [0.25, 0.3) is 21.8 Å². The van der Waals surface area contributed by atoms with Gasteiger partial charge in [-0.15, -0.1) is 0 Å². The molecule has 0 spiro atoms. The molecule has 332 valence electrons. The largest absolute Gasteiger partial charge is 0.480 e. The third kappa shape index (κ3) is 15.0. The van der Waals surface area contributed by atoms with Crippen LogP contribution in [0, 0.1) is 5.92 Å². The lowest BCUT2D eigenvalue weighted by Gasteiger charge is -2.31. The summed E-state index contributed by atoms with van der Waals surface area (Å²) in [7, 11) is -4.91. The number of hydrogen-bond acceptors (Lipinski definition) is 13. The Morgan fingerprint density at radius 1 is 0.750 bits per heavy atom. The second kappa shape index (κ2) is 22.8. The Labute approximate surface area is 348 Å². The van der Waals surface area contributed by atoms with Gasteiger partial charge in [-0.25, -0.2) is 18.0 Å². The Balaban J connectivity index is 1.79. The zero-order valence-electron chi connectivity index (χ0n) is 34.0. The minimum Gasteiger partial charge on any atom is -0.480 e. The van der Waals surface area contributed by atoms with E-state index in [9.17, 15) is 57.0 Å². The van der Waals surface area contributed by atoms with Crippen LogP contribution >= 0.6 is 0 Å². The number of carbonyl (C=O) groups is 8. The van der Waals surface area contributed by atoms with Crippen molar-refractivity contribution in [1.82, 2.24) is 34.5 Å². The van der Waals surface area contributed by atoms with Gasteiger partial charge in [0.05, 0.1) is 44.2 Å². The first-order valence-corrected chi connectivity index (χ1v) is 21.0. The number of nitrogens with one attached hydrogen (secondary N) is 2. The number of rotatable bonds is 23. The van der Waals surface area contributed by atoms with E-state index < -0.39 is 95.5 Å². The van der Waals surface area contributed by atoms with Crippen LogP contribution in [0.15, 0.2) is 40.3 Å². The molecule has 0 bridgehead atoms. The summed E-state index contributed by atoms with van der Waals surface area (Å²) in [4.78, 5) is 103. The molecule has 0 aromatic heterocycles. The summed E-state index contributed by atoms with van der Waals surface area (Å²) in [6, 6.07) is 2.99. The lowest BCUT2D eigenvalue weighted by Crippen LogP contribution is -2.54. The first-order chi connectivity index (χ1) is 28.2. The van der Waals surface area contributed by atoms with Gasteiger partial charge in [-0.3, -0.25) is 48.4 Å². The van der Waals surface area contributed by atoms with Crippen LogP contribution in [0.2, 0.25) is 0 Å². The number of carboxylic acids is 4. The molecule has 2 aliphatic rings. The van der Waals surface area contributed by atoms with Gasteiger partial charge in [0.2, 0.25) is 0 Å². The fourth-order valence-electron chi connectivity index (χ4n) is 6.99. The van der Waals surface area contributed by atoms with Crippen LogP contribution in [0.25, 0.3) is 0 Å². The van der Waals surface area contributed by atoms with E-state index in [2.05, 4.69) is 10.6 Å². The molecule has 1 aliphatic carbocycles. The van der Waals surface area contributed by atoms with Gasteiger partial charge >= 0.3 is 35.9 Å². The number of carbonyl (C=O) groups excluding carboxylic acids is 4. The van der Waals surface area contributed by atoms with Crippen molar-refractivity contribution in [2.75, 3.05) is 72.0 Å². The molecule has 0 saturated heterocycles. The van der Waals surface area contributed by atoms with Gasteiger partial charge in [0.15, 0.2) is 0 Å². The maximum atomic E-state index is 14.1. The van der Waals surface area contributed by atoms with E-state index >= 15 is 0 Å². The zero-order valence-corrected chi connectivity index (χ0v) is 34.8. The van der Waals surface area contributed by atoms with Gasteiger partial charge in [-0.1, -0.05) is 26.0 Å². The molecule has 0 radical (unpaired) electrons. The molecule has 1 aromatic rings. The van der Waals surface area contributed by atoms with Crippen molar-refractivity contribution in [2.24, 2.45) is 5.92 Å². The van der Waals surface area contributed by atoms with Crippen LogP contribution < -0.4 is 10.6 Å². The molecule has 0 atom stereocenters. The van der Waals surface area contributed by atoms with E-state index in [1.54, 1.807) is 6.92 Å². The molecule has 1 fully saturated rings. The Hall–Kier alpha value is -5.45. The molecule has 1 aliphatic heterocycles. The Kier molecular flexibility index (Phi) is 18.6. The number of sulfonamides is 1. The van der Waals surface area contributed by atoms with Crippen LogP contribution in [-0.4, -0.2) is 179 Å². The SMILES string of the molecule is CCC1=C(C)CN(C(=O)NCCc2ccc(S(=O)(=O)N(C(=O)CN(CCN(CCN(CC(=O)O)CC(=O)O)CC(=O)O)CC(=O)O)C(=O)NC3CCC(C)CC3)cc2)C1=O. The van der Waals surface area contributed by atoms with E-state index in [0.717, 1.165) is 33.1 Å². The quantitative estimate of drug-likeness (QED) is 0.0876. The Bertz CT molecular complexity index is 1880. The lowest BCUT2D eigenvalue weighted by atomic mass is 9.87. The molecule has 21 nitrogen and oxygen atoms in total.